The summed E-state index contributed by atoms with van der Waals surface area (Å²) in [7, 11) is -2.57. The molecule has 0 spiro atoms. The number of aryl methyl sites for hydroxylation is 1. The van der Waals surface area contributed by atoms with Gasteiger partial charge < -0.3 is 19.9 Å². The minimum atomic E-state index is -3.94. The number of anilines is 1. The molecule has 3 heterocycles. The van der Waals surface area contributed by atoms with E-state index in [0.717, 1.165) is 19.3 Å². The molecule has 1 saturated heterocycles. The highest BCUT2D eigenvalue weighted by Gasteiger charge is 2.29. The first-order valence-electron chi connectivity index (χ1n) is 11.8. The van der Waals surface area contributed by atoms with E-state index in [0.29, 0.717) is 66.1 Å². The summed E-state index contributed by atoms with van der Waals surface area (Å²) >= 11 is 1.27. The van der Waals surface area contributed by atoms with Gasteiger partial charge in [-0.3, -0.25) is 4.79 Å². The van der Waals surface area contributed by atoms with Crippen LogP contribution in [-0.2, 0) is 19.6 Å². The van der Waals surface area contributed by atoms with E-state index >= 15 is 0 Å². The smallest absolute Gasteiger partial charge is 0.246 e. The number of pyridine rings is 1. The number of aromatic nitrogens is 2. The molecule has 4 rings (SSSR count). The number of hydrogen-bond donors (Lipinski definition) is 3. The van der Waals surface area contributed by atoms with Crippen LogP contribution in [0.15, 0.2) is 17.2 Å². The number of thiazole rings is 1. The number of nitrogens with one attached hydrogen (secondary N) is 2. The van der Waals surface area contributed by atoms with E-state index in [1.165, 1.54) is 30.7 Å². The minimum Gasteiger partial charge on any atom is -0.480 e. The Kier molecular flexibility index (Phi) is 8.38. The standard InChI is InChI=1S/C23H32N4O6S2/c1-14-21(34-23(25-14)26-20(29)10-15-6-8-33-9-7-15)16-11-19(22(32-2)24-13-16)35(30,31)27-17-4-3-5-18(28)12-17/h11,13,15,17-18,27-28H,3-10,12H2,1-2H3,(H,25,26,29). The number of ether oxygens (including phenoxy) is 2. The van der Waals surface area contributed by atoms with Crippen molar-refractivity contribution in [3.8, 4) is 16.3 Å². The Labute approximate surface area is 209 Å². The molecule has 0 radical (unpaired) electrons. The number of methoxy groups -OCH3 is 1. The number of rotatable bonds is 8. The zero-order chi connectivity index (χ0) is 25.0. The molecule has 3 N–H and O–H groups in total. The highest BCUT2D eigenvalue weighted by atomic mass is 32.2. The van der Waals surface area contributed by atoms with Crippen molar-refractivity contribution < 1.29 is 27.8 Å². The Morgan fingerprint density at radius 2 is 2.06 bits per heavy atom. The van der Waals surface area contributed by atoms with Crippen LogP contribution in [0.2, 0.25) is 0 Å². The number of nitrogens with zero attached hydrogens (tertiary/aromatic N) is 2. The predicted molar refractivity (Wildman–Crippen MR) is 132 cm³/mol. The van der Waals surface area contributed by atoms with Crippen LogP contribution in [0.25, 0.3) is 10.4 Å². The van der Waals surface area contributed by atoms with Gasteiger partial charge in [0, 0.05) is 37.4 Å². The van der Waals surface area contributed by atoms with E-state index in [9.17, 15) is 18.3 Å². The van der Waals surface area contributed by atoms with Crippen molar-refractivity contribution in [3.63, 3.8) is 0 Å². The van der Waals surface area contributed by atoms with Crippen LogP contribution in [0.5, 0.6) is 5.88 Å². The molecule has 2 fully saturated rings. The van der Waals surface area contributed by atoms with Crippen molar-refractivity contribution in [2.24, 2.45) is 5.92 Å². The number of aliphatic hydroxyl groups is 1. The average molecular weight is 525 g/mol. The second-order valence-electron chi connectivity index (χ2n) is 9.11. The van der Waals surface area contributed by atoms with Crippen LogP contribution < -0.4 is 14.8 Å². The van der Waals surface area contributed by atoms with Crippen LogP contribution in [0.1, 0.15) is 50.6 Å². The summed E-state index contributed by atoms with van der Waals surface area (Å²) in [4.78, 5) is 21.8. The number of hydrogen-bond acceptors (Lipinski definition) is 9. The maximum absolute atomic E-state index is 13.2. The van der Waals surface area contributed by atoms with Crippen molar-refractivity contribution in [2.75, 3.05) is 25.6 Å². The molecule has 1 saturated carbocycles. The molecule has 10 nitrogen and oxygen atoms in total. The predicted octanol–water partition coefficient (Wildman–Crippen LogP) is 2.86. The fourth-order valence-electron chi connectivity index (χ4n) is 4.56. The van der Waals surface area contributed by atoms with Gasteiger partial charge in [0.05, 0.1) is 23.8 Å². The lowest BCUT2D eigenvalue weighted by Gasteiger charge is -2.26. The Morgan fingerprint density at radius 1 is 1.29 bits per heavy atom. The number of carbonyl (C=O) groups excluding carboxylic acids is 1. The molecule has 1 aliphatic carbocycles. The molecule has 0 aromatic carbocycles. The van der Waals surface area contributed by atoms with Crippen molar-refractivity contribution in [1.82, 2.24) is 14.7 Å². The van der Waals surface area contributed by atoms with Gasteiger partial charge in [0.25, 0.3) is 0 Å². The van der Waals surface area contributed by atoms with E-state index in [2.05, 4.69) is 20.0 Å². The van der Waals surface area contributed by atoms with Crippen molar-refractivity contribution >= 4 is 32.4 Å². The van der Waals surface area contributed by atoms with E-state index in [-0.39, 0.29) is 22.7 Å². The van der Waals surface area contributed by atoms with Crippen molar-refractivity contribution in [2.45, 2.75) is 68.9 Å². The third-order valence-corrected chi connectivity index (χ3v) is 9.03. The first kappa shape index (κ1) is 26.0. The highest BCUT2D eigenvalue weighted by Crippen LogP contribution is 2.36. The number of amides is 1. The SMILES string of the molecule is COc1ncc(-c2sc(NC(=O)CC3CCOCC3)nc2C)cc1S(=O)(=O)NC1CCCC(O)C1. The number of aliphatic hydroxyl groups excluding tert-OH is 1. The summed E-state index contributed by atoms with van der Waals surface area (Å²) < 4.78 is 39.7. The molecule has 2 aromatic rings. The molecular weight excluding hydrogens is 492 g/mol. The molecule has 2 aliphatic rings. The minimum absolute atomic E-state index is 0.00948. The van der Waals surface area contributed by atoms with Gasteiger partial charge in [-0.05, 0) is 57.4 Å². The maximum atomic E-state index is 13.2. The van der Waals surface area contributed by atoms with Gasteiger partial charge in [0.15, 0.2) is 5.13 Å². The molecule has 1 amide bonds. The summed E-state index contributed by atoms with van der Waals surface area (Å²) in [6.07, 6.45) is 5.67. The summed E-state index contributed by atoms with van der Waals surface area (Å²) in [5, 5.41) is 13.3. The molecular formula is C23H32N4O6S2. The van der Waals surface area contributed by atoms with Gasteiger partial charge in [-0.25, -0.2) is 23.1 Å². The van der Waals surface area contributed by atoms with Crippen LogP contribution in [0.4, 0.5) is 5.13 Å². The monoisotopic (exact) mass is 524 g/mol. The van der Waals surface area contributed by atoms with Gasteiger partial charge in [0.1, 0.15) is 4.90 Å². The highest BCUT2D eigenvalue weighted by molar-refractivity contribution is 7.89. The van der Waals surface area contributed by atoms with Crippen LogP contribution in [0, 0.1) is 12.8 Å². The molecule has 2 aromatic heterocycles. The largest absolute Gasteiger partial charge is 0.480 e. The zero-order valence-electron chi connectivity index (χ0n) is 20.0. The summed E-state index contributed by atoms with van der Waals surface area (Å²) in [6.45, 7) is 3.18. The molecule has 35 heavy (non-hydrogen) atoms. The third kappa shape index (κ3) is 6.56. The van der Waals surface area contributed by atoms with Crippen molar-refractivity contribution in [3.05, 3.63) is 18.0 Å². The molecule has 1 aliphatic heterocycles. The van der Waals surface area contributed by atoms with E-state index < -0.39 is 16.1 Å². The normalized spacial score (nSPS) is 21.6. The fourth-order valence-corrected chi connectivity index (χ4v) is 6.95. The Hall–Kier alpha value is -2.12. The van der Waals surface area contributed by atoms with Crippen LogP contribution in [0.3, 0.4) is 0 Å². The summed E-state index contributed by atoms with van der Waals surface area (Å²) in [6, 6.07) is 1.17. The molecule has 0 bridgehead atoms. The quantitative estimate of drug-likeness (QED) is 0.479. The Bertz CT molecular complexity index is 1150. The number of sulfonamides is 1. The van der Waals surface area contributed by atoms with Gasteiger partial charge in [0.2, 0.25) is 21.8 Å². The molecule has 2 atom stereocenters. The lowest BCUT2D eigenvalue weighted by atomic mass is 9.94. The summed E-state index contributed by atoms with van der Waals surface area (Å²) in [5.74, 6) is 0.206. The number of carbonyl (C=O) groups is 1. The van der Waals surface area contributed by atoms with Gasteiger partial charge in [-0.15, -0.1) is 0 Å². The molecule has 2 unspecified atom stereocenters. The van der Waals surface area contributed by atoms with Gasteiger partial charge in [-0.2, -0.15) is 0 Å². The maximum Gasteiger partial charge on any atom is 0.246 e. The fraction of sp³-hybridized carbons (Fsp3) is 0.609. The van der Waals surface area contributed by atoms with E-state index in [1.807, 2.05) is 0 Å². The van der Waals surface area contributed by atoms with Crippen LogP contribution >= 0.6 is 11.3 Å². The van der Waals surface area contributed by atoms with Crippen LogP contribution in [-0.4, -0.2) is 61.9 Å². The van der Waals surface area contributed by atoms with E-state index in [1.54, 1.807) is 6.92 Å². The Morgan fingerprint density at radius 3 is 2.77 bits per heavy atom. The second-order valence-corrected chi connectivity index (χ2v) is 11.8. The summed E-state index contributed by atoms with van der Waals surface area (Å²) in [5.41, 5.74) is 1.23. The first-order chi connectivity index (χ1) is 16.7. The van der Waals surface area contributed by atoms with Gasteiger partial charge in [-0.1, -0.05) is 11.3 Å². The first-order valence-corrected chi connectivity index (χ1v) is 14.1. The second kappa shape index (κ2) is 11.3. The average Bonchev–Trinajstić information content (AvgIpc) is 3.18. The Balaban J connectivity index is 1.52. The van der Waals surface area contributed by atoms with E-state index in [4.69, 9.17) is 9.47 Å². The van der Waals surface area contributed by atoms with Crippen molar-refractivity contribution in [1.29, 1.82) is 0 Å². The lowest BCUT2D eigenvalue weighted by molar-refractivity contribution is -0.117. The zero-order valence-corrected chi connectivity index (χ0v) is 21.6. The third-order valence-electron chi connectivity index (χ3n) is 6.39. The molecule has 12 heteroatoms. The molecule has 192 valence electrons. The van der Waals surface area contributed by atoms with Gasteiger partial charge >= 0.3 is 0 Å². The lowest BCUT2D eigenvalue weighted by Crippen LogP contribution is -2.39. The topological polar surface area (TPSA) is 140 Å².